The second-order valence-electron chi connectivity index (χ2n) is 4.40. The van der Waals surface area contributed by atoms with Crippen LogP contribution in [0.2, 0.25) is 0 Å². The predicted octanol–water partition coefficient (Wildman–Crippen LogP) is 1.34. The monoisotopic (exact) mass is 287 g/mol. The number of carbonyl (C=O) groups is 1. The van der Waals surface area contributed by atoms with Crippen molar-refractivity contribution in [3.8, 4) is 0 Å². The maximum absolute atomic E-state index is 11.9. The number of amides is 1. The van der Waals surface area contributed by atoms with Crippen molar-refractivity contribution < 1.29 is 13.2 Å². The van der Waals surface area contributed by atoms with Crippen LogP contribution in [-0.2, 0) is 15.7 Å². The van der Waals surface area contributed by atoms with Crippen molar-refractivity contribution in [3.63, 3.8) is 0 Å². The lowest BCUT2D eigenvalue weighted by atomic mass is 10.1. The fourth-order valence-electron chi connectivity index (χ4n) is 1.92. The molecular formula is C12H14ClNO3S. The molecule has 0 spiro atoms. The van der Waals surface area contributed by atoms with E-state index in [4.69, 9.17) is 11.6 Å². The average molecular weight is 288 g/mol. The number of sulfone groups is 1. The normalized spacial score (nSPS) is 21.7. The Morgan fingerprint density at radius 1 is 1.33 bits per heavy atom. The molecule has 1 fully saturated rings. The van der Waals surface area contributed by atoms with Gasteiger partial charge in [0.2, 0.25) is 0 Å². The second kappa shape index (κ2) is 5.28. The molecule has 6 heteroatoms. The van der Waals surface area contributed by atoms with Crippen LogP contribution >= 0.6 is 11.6 Å². The third-order valence-corrected chi connectivity index (χ3v) is 5.01. The van der Waals surface area contributed by atoms with E-state index in [0.29, 0.717) is 17.9 Å². The van der Waals surface area contributed by atoms with Crippen LogP contribution in [0.15, 0.2) is 24.3 Å². The van der Waals surface area contributed by atoms with Crippen LogP contribution in [0, 0.1) is 0 Å². The van der Waals surface area contributed by atoms with Crippen molar-refractivity contribution in [2.75, 3.05) is 11.5 Å². The first-order valence-corrected chi connectivity index (χ1v) is 8.02. The Morgan fingerprint density at radius 3 is 2.50 bits per heavy atom. The summed E-state index contributed by atoms with van der Waals surface area (Å²) in [5.74, 6) is 0.364. The van der Waals surface area contributed by atoms with Gasteiger partial charge in [-0.1, -0.05) is 12.1 Å². The third kappa shape index (κ3) is 3.23. The lowest BCUT2D eigenvalue weighted by Crippen LogP contribution is -2.35. The number of hydrogen-bond acceptors (Lipinski definition) is 3. The van der Waals surface area contributed by atoms with E-state index < -0.39 is 9.84 Å². The first-order chi connectivity index (χ1) is 8.50. The molecule has 1 amide bonds. The minimum atomic E-state index is -2.97. The Bertz CT molecular complexity index is 539. The lowest BCUT2D eigenvalue weighted by Gasteiger charge is -2.10. The van der Waals surface area contributed by atoms with Gasteiger partial charge in [-0.25, -0.2) is 8.42 Å². The molecule has 0 radical (unpaired) electrons. The number of halogens is 1. The molecule has 1 unspecified atom stereocenters. The molecular weight excluding hydrogens is 274 g/mol. The molecule has 4 nitrogen and oxygen atoms in total. The topological polar surface area (TPSA) is 63.2 Å². The molecule has 1 aromatic carbocycles. The second-order valence-corrected chi connectivity index (χ2v) is 6.90. The smallest absolute Gasteiger partial charge is 0.251 e. The van der Waals surface area contributed by atoms with Crippen molar-refractivity contribution in [2.45, 2.75) is 18.3 Å². The average Bonchev–Trinajstić information content (AvgIpc) is 2.68. The highest BCUT2D eigenvalue weighted by Gasteiger charge is 2.28. The van der Waals surface area contributed by atoms with Crippen LogP contribution in [0.5, 0.6) is 0 Å². The number of carbonyl (C=O) groups excluding carboxylic acids is 1. The largest absolute Gasteiger partial charge is 0.348 e. The summed E-state index contributed by atoms with van der Waals surface area (Å²) in [5, 5.41) is 2.74. The van der Waals surface area contributed by atoms with Crippen molar-refractivity contribution in [1.29, 1.82) is 0 Å². The zero-order chi connectivity index (χ0) is 13.2. The van der Waals surface area contributed by atoms with Gasteiger partial charge in [-0.15, -0.1) is 11.6 Å². The number of benzene rings is 1. The first-order valence-electron chi connectivity index (χ1n) is 5.66. The molecule has 1 atom stereocenters. The minimum absolute atomic E-state index is 0.0402. The summed E-state index contributed by atoms with van der Waals surface area (Å²) in [5.41, 5.74) is 1.46. The lowest BCUT2D eigenvalue weighted by molar-refractivity contribution is 0.0941. The summed E-state index contributed by atoms with van der Waals surface area (Å²) < 4.78 is 22.6. The van der Waals surface area contributed by atoms with Gasteiger partial charge >= 0.3 is 0 Å². The summed E-state index contributed by atoms with van der Waals surface area (Å²) in [7, 11) is -2.97. The van der Waals surface area contributed by atoms with E-state index in [1.807, 2.05) is 0 Å². The van der Waals surface area contributed by atoms with Gasteiger partial charge in [-0.2, -0.15) is 0 Å². The van der Waals surface area contributed by atoms with Gasteiger partial charge < -0.3 is 5.32 Å². The molecule has 1 aliphatic rings. The van der Waals surface area contributed by atoms with Crippen LogP contribution in [-0.4, -0.2) is 31.9 Å². The maximum atomic E-state index is 11.9. The molecule has 2 rings (SSSR count). The van der Waals surface area contributed by atoms with Crippen LogP contribution in [0.4, 0.5) is 0 Å². The summed E-state index contributed by atoms with van der Waals surface area (Å²) in [4.78, 5) is 11.9. The number of hydrogen-bond donors (Lipinski definition) is 1. The predicted molar refractivity (Wildman–Crippen MR) is 70.5 cm³/mol. The molecule has 1 aliphatic heterocycles. The molecule has 98 valence electrons. The SMILES string of the molecule is O=C(NC1CCS(=O)(=O)C1)c1ccc(CCl)cc1. The Hall–Kier alpha value is -1.07. The van der Waals surface area contributed by atoms with Gasteiger partial charge in [0.25, 0.3) is 5.91 Å². The van der Waals surface area contributed by atoms with Crippen molar-refractivity contribution in [2.24, 2.45) is 0 Å². The summed E-state index contributed by atoms with van der Waals surface area (Å²) in [6, 6.07) is 6.68. The Balaban J connectivity index is 1.99. The summed E-state index contributed by atoms with van der Waals surface area (Å²) in [6.07, 6.45) is 0.494. The highest BCUT2D eigenvalue weighted by molar-refractivity contribution is 7.91. The molecule has 1 N–H and O–H groups in total. The van der Waals surface area contributed by atoms with Crippen molar-refractivity contribution in [1.82, 2.24) is 5.32 Å². The molecule has 0 bridgehead atoms. The van der Waals surface area contributed by atoms with Crippen LogP contribution < -0.4 is 5.32 Å². The summed E-state index contributed by atoms with van der Waals surface area (Å²) in [6.45, 7) is 0. The highest BCUT2D eigenvalue weighted by Crippen LogP contribution is 2.13. The van der Waals surface area contributed by atoms with Gasteiger partial charge in [0.05, 0.1) is 11.5 Å². The van der Waals surface area contributed by atoms with Gasteiger partial charge in [-0.3, -0.25) is 4.79 Å². The zero-order valence-corrected chi connectivity index (χ0v) is 11.3. The van der Waals surface area contributed by atoms with Crippen LogP contribution in [0.25, 0.3) is 0 Å². The van der Waals surface area contributed by atoms with E-state index in [1.165, 1.54) is 0 Å². The molecule has 0 saturated carbocycles. The van der Waals surface area contributed by atoms with Crippen molar-refractivity contribution >= 4 is 27.3 Å². The van der Waals surface area contributed by atoms with Crippen LogP contribution in [0.1, 0.15) is 22.3 Å². The van der Waals surface area contributed by atoms with E-state index in [0.717, 1.165) is 5.56 Å². The van der Waals surface area contributed by atoms with Gasteiger partial charge in [0.15, 0.2) is 9.84 Å². The number of rotatable bonds is 3. The zero-order valence-electron chi connectivity index (χ0n) is 9.73. The van der Waals surface area contributed by atoms with Gasteiger partial charge in [0, 0.05) is 17.5 Å². The molecule has 1 heterocycles. The molecule has 1 aromatic rings. The van der Waals surface area contributed by atoms with Crippen LogP contribution in [0.3, 0.4) is 0 Å². The minimum Gasteiger partial charge on any atom is -0.348 e. The maximum Gasteiger partial charge on any atom is 0.251 e. The summed E-state index contributed by atoms with van der Waals surface area (Å²) >= 11 is 5.66. The fraction of sp³-hybridized carbons (Fsp3) is 0.417. The Morgan fingerprint density at radius 2 is 2.00 bits per heavy atom. The van der Waals surface area contributed by atoms with Gasteiger partial charge in [0.1, 0.15) is 0 Å². The fourth-order valence-corrected chi connectivity index (χ4v) is 3.77. The van der Waals surface area contributed by atoms with E-state index in [-0.39, 0.29) is 23.5 Å². The Kier molecular flexibility index (Phi) is 3.92. The van der Waals surface area contributed by atoms with E-state index in [9.17, 15) is 13.2 Å². The first kappa shape index (κ1) is 13.4. The number of nitrogens with one attached hydrogen (secondary N) is 1. The quantitative estimate of drug-likeness (QED) is 0.854. The molecule has 18 heavy (non-hydrogen) atoms. The van der Waals surface area contributed by atoms with Gasteiger partial charge in [-0.05, 0) is 24.1 Å². The highest BCUT2D eigenvalue weighted by atomic mass is 35.5. The van der Waals surface area contributed by atoms with E-state index in [2.05, 4.69) is 5.32 Å². The molecule has 0 aliphatic carbocycles. The van der Waals surface area contributed by atoms with Crippen molar-refractivity contribution in [3.05, 3.63) is 35.4 Å². The standard InChI is InChI=1S/C12H14ClNO3S/c13-7-9-1-3-10(4-2-9)12(15)14-11-5-6-18(16,17)8-11/h1-4,11H,5-8H2,(H,14,15). The molecule has 0 aromatic heterocycles. The van der Waals surface area contributed by atoms with E-state index >= 15 is 0 Å². The Labute approximate surface area is 111 Å². The molecule has 1 saturated heterocycles. The van der Waals surface area contributed by atoms with E-state index in [1.54, 1.807) is 24.3 Å². The number of alkyl halides is 1. The third-order valence-electron chi connectivity index (χ3n) is 2.94.